The van der Waals surface area contributed by atoms with Gasteiger partial charge in [-0.15, -0.1) is 0 Å². The maximum atomic E-state index is 12.8. The van der Waals surface area contributed by atoms with Crippen LogP contribution in [0, 0.1) is 6.92 Å². The molecular weight excluding hydrogens is 292 g/mol. The van der Waals surface area contributed by atoms with Gasteiger partial charge >= 0.3 is 5.97 Å². The number of benzene rings is 1. The van der Waals surface area contributed by atoms with Crippen LogP contribution in [0.4, 0.5) is 0 Å². The summed E-state index contributed by atoms with van der Waals surface area (Å²) in [4.78, 5) is 29.5. The number of carboxylic acids is 1. The molecule has 0 saturated carbocycles. The molecule has 1 atom stereocenters. The quantitative estimate of drug-likeness (QED) is 0.946. The molecular formula is C18H18N2O3. The van der Waals surface area contributed by atoms with Crippen molar-refractivity contribution < 1.29 is 14.7 Å². The van der Waals surface area contributed by atoms with Crippen molar-refractivity contribution >= 4 is 11.9 Å². The van der Waals surface area contributed by atoms with E-state index < -0.39 is 5.97 Å². The van der Waals surface area contributed by atoms with E-state index in [1.54, 1.807) is 6.07 Å². The van der Waals surface area contributed by atoms with E-state index in [4.69, 9.17) is 5.11 Å². The average Bonchev–Trinajstić information content (AvgIpc) is 3.04. The monoisotopic (exact) mass is 310 g/mol. The van der Waals surface area contributed by atoms with Crippen LogP contribution in [0.5, 0.6) is 0 Å². The Balaban J connectivity index is 1.91. The minimum absolute atomic E-state index is 0.0464. The van der Waals surface area contributed by atoms with Crippen molar-refractivity contribution in [3.8, 4) is 0 Å². The van der Waals surface area contributed by atoms with E-state index in [0.29, 0.717) is 12.1 Å². The highest BCUT2D eigenvalue weighted by Gasteiger charge is 2.31. The molecule has 2 aromatic rings. The van der Waals surface area contributed by atoms with Crippen LogP contribution in [-0.2, 0) is 0 Å². The van der Waals surface area contributed by atoms with Gasteiger partial charge in [0, 0.05) is 18.3 Å². The van der Waals surface area contributed by atoms with Gasteiger partial charge in [0.05, 0.1) is 6.04 Å². The zero-order chi connectivity index (χ0) is 16.4. The number of pyridine rings is 1. The number of likely N-dealkylation sites (tertiary alicyclic amines) is 1. The van der Waals surface area contributed by atoms with Crippen molar-refractivity contribution in [1.82, 2.24) is 9.88 Å². The third-order valence-corrected chi connectivity index (χ3v) is 4.29. The molecule has 0 bridgehead atoms. The van der Waals surface area contributed by atoms with Crippen molar-refractivity contribution in [2.45, 2.75) is 25.8 Å². The van der Waals surface area contributed by atoms with E-state index in [1.807, 2.05) is 30.0 Å². The van der Waals surface area contributed by atoms with E-state index in [0.717, 1.165) is 24.0 Å². The van der Waals surface area contributed by atoms with E-state index in [2.05, 4.69) is 11.1 Å². The Bertz CT molecular complexity index is 757. The summed E-state index contributed by atoms with van der Waals surface area (Å²) < 4.78 is 0. The Morgan fingerprint density at radius 3 is 2.78 bits per heavy atom. The van der Waals surface area contributed by atoms with Gasteiger partial charge in [-0.2, -0.15) is 0 Å². The number of aromatic nitrogens is 1. The molecule has 1 aromatic carbocycles. The van der Waals surface area contributed by atoms with Crippen LogP contribution in [0.15, 0.2) is 42.6 Å². The molecule has 0 radical (unpaired) electrons. The number of hydrogen-bond acceptors (Lipinski definition) is 3. The normalized spacial score (nSPS) is 17.3. The van der Waals surface area contributed by atoms with E-state index in [-0.39, 0.29) is 17.6 Å². The van der Waals surface area contributed by atoms with E-state index in [9.17, 15) is 9.59 Å². The number of aromatic carboxylic acids is 1. The summed E-state index contributed by atoms with van der Waals surface area (Å²) in [6.07, 6.45) is 3.24. The second kappa shape index (κ2) is 6.20. The summed E-state index contributed by atoms with van der Waals surface area (Å²) in [5.74, 6) is -1.27. The third-order valence-electron chi connectivity index (χ3n) is 4.29. The van der Waals surface area contributed by atoms with Gasteiger partial charge in [0.25, 0.3) is 5.91 Å². The number of rotatable bonds is 3. The molecule has 3 rings (SSSR count). The average molecular weight is 310 g/mol. The molecule has 1 aliphatic rings. The van der Waals surface area contributed by atoms with Crippen LogP contribution in [-0.4, -0.2) is 33.4 Å². The molecule has 1 N–H and O–H groups in total. The van der Waals surface area contributed by atoms with Gasteiger partial charge in [-0.05, 0) is 43.0 Å². The Morgan fingerprint density at radius 2 is 2.04 bits per heavy atom. The molecule has 5 nitrogen and oxygen atoms in total. The second-order valence-electron chi connectivity index (χ2n) is 5.75. The summed E-state index contributed by atoms with van der Waals surface area (Å²) in [6, 6.07) is 11.0. The first kappa shape index (κ1) is 15.2. The highest BCUT2D eigenvalue weighted by molar-refractivity contribution is 5.97. The zero-order valence-corrected chi connectivity index (χ0v) is 12.9. The van der Waals surface area contributed by atoms with Gasteiger partial charge in [0.1, 0.15) is 5.69 Å². The van der Waals surface area contributed by atoms with Gasteiger partial charge in [-0.1, -0.05) is 24.3 Å². The molecule has 0 spiro atoms. The summed E-state index contributed by atoms with van der Waals surface area (Å²) in [5, 5.41) is 9.04. The third kappa shape index (κ3) is 2.95. The first-order valence-electron chi connectivity index (χ1n) is 7.64. The highest BCUT2D eigenvalue weighted by Crippen LogP contribution is 2.34. The van der Waals surface area contributed by atoms with Gasteiger partial charge in [0.2, 0.25) is 0 Å². The number of carboxylic acid groups (broad SMARTS) is 1. The SMILES string of the molecule is Cc1ccccc1C1CCCN1C(=O)c1ccnc(C(=O)O)c1. The van der Waals surface area contributed by atoms with Crippen molar-refractivity contribution in [3.05, 3.63) is 65.0 Å². The minimum Gasteiger partial charge on any atom is -0.477 e. The number of aryl methyl sites for hydroxylation is 1. The van der Waals surface area contributed by atoms with Crippen molar-refractivity contribution in [1.29, 1.82) is 0 Å². The molecule has 1 aliphatic heterocycles. The first-order chi connectivity index (χ1) is 11.1. The second-order valence-corrected chi connectivity index (χ2v) is 5.75. The number of carbonyl (C=O) groups excluding carboxylic acids is 1. The highest BCUT2D eigenvalue weighted by atomic mass is 16.4. The Morgan fingerprint density at radius 1 is 1.26 bits per heavy atom. The lowest BCUT2D eigenvalue weighted by Crippen LogP contribution is -2.31. The fraction of sp³-hybridized carbons (Fsp3) is 0.278. The van der Waals surface area contributed by atoms with Crippen molar-refractivity contribution in [2.75, 3.05) is 6.54 Å². The van der Waals surface area contributed by atoms with Gasteiger partial charge in [-0.25, -0.2) is 9.78 Å². The number of carbonyl (C=O) groups is 2. The summed E-state index contributed by atoms with van der Waals surface area (Å²) in [7, 11) is 0. The van der Waals surface area contributed by atoms with E-state index in [1.165, 1.54) is 12.3 Å². The molecule has 2 heterocycles. The molecule has 1 unspecified atom stereocenters. The van der Waals surface area contributed by atoms with Crippen LogP contribution < -0.4 is 0 Å². The van der Waals surface area contributed by atoms with Crippen LogP contribution in [0.25, 0.3) is 0 Å². The van der Waals surface area contributed by atoms with Crippen LogP contribution in [0.2, 0.25) is 0 Å². The Labute approximate surface area is 134 Å². The Kier molecular flexibility index (Phi) is 4.10. The van der Waals surface area contributed by atoms with Gasteiger partial charge in [0.15, 0.2) is 0 Å². The molecule has 1 saturated heterocycles. The van der Waals surface area contributed by atoms with E-state index >= 15 is 0 Å². The molecule has 1 amide bonds. The summed E-state index contributed by atoms with van der Waals surface area (Å²) in [6.45, 7) is 2.73. The molecule has 0 aliphatic carbocycles. The maximum absolute atomic E-state index is 12.8. The van der Waals surface area contributed by atoms with Crippen LogP contribution in [0.1, 0.15) is 50.9 Å². The number of amides is 1. The largest absolute Gasteiger partial charge is 0.477 e. The van der Waals surface area contributed by atoms with Crippen molar-refractivity contribution in [2.24, 2.45) is 0 Å². The molecule has 23 heavy (non-hydrogen) atoms. The summed E-state index contributed by atoms with van der Waals surface area (Å²) >= 11 is 0. The standard InChI is InChI=1S/C18H18N2O3/c1-12-5-2-3-6-14(12)16-7-4-10-20(16)17(21)13-8-9-19-15(11-13)18(22)23/h2-3,5-6,8-9,11,16H,4,7,10H2,1H3,(H,22,23). The van der Waals surface area contributed by atoms with Crippen LogP contribution in [0.3, 0.4) is 0 Å². The molecule has 1 fully saturated rings. The topological polar surface area (TPSA) is 70.5 Å². The van der Waals surface area contributed by atoms with Gasteiger partial charge < -0.3 is 10.0 Å². The predicted octanol–water partition coefficient (Wildman–Crippen LogP) is 3.07. The lowest BCUT2D eigenvalue weighted by atomic mass is 9.99. The minimum atomic E-state index is -1.13. The maximum Gasteiger partial charge on any atom is 0.354 e. The lowest BCUT2D eigenvalue weighted by Gasteiger charge is -2.26. The fourth-order valence-corrected chi connectivity index (χ4v) is 3.14. The molecule has 5 heteroatoms. The molecule has 118 valence electrons. The number of nitrogens with zero attached hydrogens (tertiary/aromatic N) is 2. The Hall–Kier alpha value is -2.69. The number of hydrogen-bond donors (Lipinski definition) is 1. The zero-order valence-electron chi connectivity index (χ0n) is 12.9. The fourth-order valence-electron chi connectivity index (χ4n) is 3.14. The lowest BCUT2D eigenvalue weighted by molar-refractivity contribution is 0.0690. The predicted molar refractivity (Wildman–Crippen MR) is 85.4 cm³/mol. The molecule has 1 aromatic heterocycles. The first-order valence-corrected chi connectivity index (χ1v) is 7.64. The van der Waals surface area contributed by atoms with Gasteiger partial charge in [-0.3, -0.25) is 4.79 Å². The van der Waals surface area contributed by atoms with Crippen molar-refractivity contribution in [3.63, 3.8) is 0 Å². The van der Waals surface area contributed by atoms with Crippen LogP contribution >= 0.6 is 0 Å². The summed E-state index contributed by atoms with van der Waals surface area (Å²) in [5.41, 5.74) is 2.59. The smallest absolute Gasteiger partial charge is 0.354 e.